The molecule has 0 N–H and O–H groups in total. The highest BCUT2D eigenvalue weighted by Gasteiger charge is 2.48. The van der Waals surface area contributed by atoms with Crippen LogP contribution in [0.3, 0.4) is 0 Å². The predicted octanol–water partition coefficient (Wildman–Crippen LogP) is 22.4. The number of rotatable bonds is 12. The molecule has 0 bridgehead atoms. The number of hydrogen-bond donors (Lipinski definition) is 0. The summed E-state index contributed by atoms with van der Waals surface area (Å²) in [6.07, 6.45) is 0. The van der Waals surface area contributed by atoms with Crippen LogP contribution in [0.5, 0.6) is 23.0 Å². The minimum absolute atomic E-state index is 0.290. The Morgan fingerprint density at radius 1 is 0.208 bits per heavy atom. The van der Waals surface area contributed by atoms with Crippen LogP contribution in [0.2, 0.25) is 0 Å². The van der Waals surface area contributed by atoms with Crippen molar-refractivity contribution in [3.63, 3.8) is 0 Å². The largest absolute Gasteiger partial charge is 0.458 e. The summed E-state index contributed by atoms with van der Waals surface area (Å²) in [6.45, 7) is -0.580. The van der Waals surface area contributed by atoms with Crippen molar-refractivity contribution in [2.75, 3.05) is 19.6 Å². The van der Waals surface area contributed by atoms with E-state index in [1.165, 1.54) is 21.7 Å². The monoisotopic (exact) mass is 1350 g/mol. The van der Waals surface area contributed by atoms with Crippen molar-refractivity contribution in [3.8, 4) is 67.5 Å². The van der Waals surface area contributed by atoms with Gasteiger partial charge in [-0.1, -0.05) is 297 Å². The molecule has 0 aliphatic carbocycles. The fraction of sp³-hybridized carbons (Fsp3) is 0. The molecule has 6 nitrogen and oxygen atoms in total. The Hall–Kier alpha value is -13.8. The highest BCUT2D eigenvalue weighted by molar-refractivity contribution is 7.02. The maximum absolute atomic E-state index is 7.86. The molecule has 0 amide bonds. The van der Waals surface area contributed by atoms with Gasteiger partial charge in [0.2, 0.25) is 0 Å². The smallest absolute Gasteiger partial charge is 0.256 e. The van der Waals surface area contributed by atoms with Crippen LogP contribution in [-0.2, 0) is 0 Å². The van der Waals surface area contributed by atoms with Gasteiger partial charge in [-0.05, 0) is 149 Å². The Morgan fingerprint density at radius 3 is 0.915 bits per heavy atom. The van der Waals surface area contributed by atoms with Gasteiger partial charge in [0.25, 0.3) is 13.4 Å². The van der Waals surface area contributed by atoms with Crippen LogP contribution in [0.1, 0.15) is 0 Å². The third kappa shape index (κ3) is 9.97. The predicted molar refractivity (Wildman–Crippen MR) is 444 cm³/mol. The minimum atomic E-state index is -0.290. The lowest BCUT2D eigenvalue weighted by Gasteiger charge is -2.44. The van der Waals surface area contributed by atoms with E-state index in [1.807, 2.05) is 0 Å². The van der Waals surface area contributed by atoms with Gasteiger partial charge in [-0.25, -0.2) is 0 Å². The Kier molecular flexibility index (Phi) is 14.4. The second-order valence-electron chi connectivity index (χ2n) is 27.8. The Morgan fingerprint density at radius 2 is 0.538 bits per heavy atom. The molecule has 494 valence electrons. The zero-order chi connectivity index (χ0) is 69.8. The van der Waals surface area contributed by atoms with E-state index >= 15 is 0 Å². The quantitative estimate of drug-likeness (QED) is 0.113. The number of benzene rings is 17. The Balaban J connectivity index is 0.827. The van der Waals surface area contributed by atoms with Crippen molar-refractivity contribution in [2.24, 2.45) is 0 Å². The molecule has 0 fully saturated rings. The van der Waals surface area contributed by atoms with Crippen LogP contribution in [0, 0.1) is 0 Å². The minimum Gasteiger partial charge on any atom is -0.458 e. The zero-order valence-electron chi connectivity index (χ0n) is 57.7. The molecule has 4 aliphatic heterocycles. The topological polar surface area (TPSA) is 31.4 Å². The Bertz CT molecular complexity index is 5830. The molecule has 0 saturated carbocycles. The first-order valence-electron chi connectivity index (χ1n) is 36.4. The van der Waals surface area contributed by atoms with Crippen LogP contribution in [-0.4, -0.2) is 13.4 Å². The molecule has 4 heterocycles. The lowest BCUT2D eigenvalue weighted by molar-refractivity contribution is 0.466. The van der Waals surface area contributed by atoms with Gasteiger partial charge in [0.1, 0.15) is 23.0 Å². The van der Waals surface area contributed by atoms with Crippen molar-refractivity contribution in [1.82, 2.24) is 0 Å². The first kappa shape index (κ1) is 60.9. The summed E-state index contributed by atoms with van der Waals surface area (Å²) in [5.41, 5.74) is 27.9. The normalized spacial score (nSPS) is 12.6. The molecule has 0 spiro atoms. The second-order valence-corrected chi connectivity index (χ2v) is 27.8. The molecule has 0 atom stereocenters. The standard InChI is InChI=1S/C98H64B2N4O2/c1-7-31-67(32-8-1)79-45-27-46-80(68-33-9-2-10-34-68)97(79)103-87-51-25-23-49-83(87)99-85-63-86-92(64-91(85)105-93-61-77(59-89(103)95(93)99)101(73-41-15-5-16-42-73)75-55-53-65-29-19-21-39-71(65)57-75)106-94-62-78(102(74-43-17-6-18-44-74)76-56-54-66-30-20-22-40-72(66)58-76)60-90-96(94)100(86)84-50-24-26-52-88(84)104(90)98-81(69-35-11-3-12-36-69)47-28-48-82(98)70-37-13-4-14-38-70/h1-64H. The molecule has 0 radical (unpaired) electrons. The van der Waals surface area contributed by atoms with E-state index in [-0.39, 0.29) is 13.4 Å². The van der Waals surface area contributed by atoms with Gasteiger partial charge < -0.3 is 29.1 Å². The first-order chi connectivity index (χ1) is 52.6. The fourth-order valence-corrected chi connectivity index (χ4v) is 17.3. The van der Waals surface area contributed by atoms with Crippen LogP contribution >= 0.6 is 0 Å². The summed E-state index contributed by atoms with van der Waals surface area (Å²) in [4.78, 5) is 9.89. The number of para-hydroxylation sites is 6. The lowest BCUT2D eigenvalue weighted by Crippen LogP contribution is -2.63. The van der Waals surface area contributed by atoms with E-state index in [9.17, 15) is 0 Å². The van der Waals surface area contributed by atoms with Crippen molar-refractivity contribution in [2.45, 2.75) is 0 Å². The van der Waals surface area contributed by atoms with Crippen molar-refractivity contribution >= 4 is 136 Å². The van der Waals surface area contributed by atoms with E-state index in [0.717, 1.165) is 168 Å². The SMILES string of the molecule is c1ccc(-c2cccc(-c3ccccc3)c2N2c3ccccc3B3c4cc5c(cc4Oc4cc(N(c6ccccc6)c6ccc7ccccc7c6)cc2c43)Oc2cc(N(c3ccccc3)c3ccc4ccccc4c3)cc3c2B5c2ccccc2N3c2c(-c3ccccc3)cccc2-c2ccccc2)cc1. The van der Waals surface area contributed by atoms with Crippen LogP contribution in [0.15, 0.2) is 388 Å². The molecule has 8 heteroatoms. The van der Waals surface area contributed by atoms with E-state index in [4.69, 9.17) is 9.47 Å². The number of ether oxygens (including phenoxy) is 2. The summed E-state index contributed by atoms with van der Waals surface area (Å²) in [5, 5.41) is 4.66. The molecule has 0 unspecified atom stereocenters. The van der Waals surface area contributed by atoms with E-state index in [0.29, 0.717) is 0 Å². The van der Waals surface area contributed by atoms with Gasteiger partial charge >= 0.3 is 0 Å². The summed E-state index contributed by atoms with van der Waals surface area (Å²) in [6, 6.07) is 142. The average molecular weight is 1350 g/mol. The van der Waals surface area contributed by atoms with Crippen molar-refractivity contribution < 1.29 is 9.47 Å². The molecule has 21 rings (SSSR count). The van der Waals surface area contributed by atoms with E-state index in [2.05, 4.69) is 408 Å². The molecule has 0 aromatic heterocycles. The van der Waals surface area contributed by atoms with Crippen LogP contribution in [0.25, 0.3) is 66.1 Å². The number of nitrogens with zero attached hydrogens (tertiary/aromatic N) is 4. The van der Waals surface area contributed by atoms with Crippen molar-refractivity contribution in [3.05, 3.63) is 388 Å². The van der Waals surface area contributed by atoms with Crippen LogP contribution < -0.4 is 61.9 Å². The fourth-order valence-electron chi connectivity index (χ4n) is 17.3. The van der Waals surface area contributed by atoms with Gasteiger partial charge in [-0.15, -0.1) is 0 Å². The molecule has 0 saturated heterocycles. The number of fused-ring (bicyclic) bond motifs is 10. The summed E-state index contributed by atoms with van der Waals surface area (Å²) in [5.74, 6) is 3.02. The highest BCUT2D eigenvalue weighted by Crippen LogP contribution is 2.54. The third-order valence-corrected chi connectivity index (χ3v) is 21.8. The summed E-state index contributed by atoms with van der Waals surface area (Å²) in [7, 11) is 0. The third-order valence-electron chi connectivity index (χ3n) is 21.8. The van der Waals surface area contributed by atoms with Crippen molar-refractivity contribution in [1.29, 1.82) is 0 Å². The van der Waals surface area contributed by atoms with Gasteiger partial charge in [-0.3, -0.25) is 0 Å². The van der Waals surface area contributed by atoms with E-state index in [1.54, 1.807) is 0 Å². The maximum Gasteiger partial charge on any atom is 0.256 e. The Labute approximate surface area is 616 Å². The number of anilines is 12. The van der Waals surface area contributed by atoms with E-state index < -0.39 is 0 Å². The van der Waals surface area contributed by atoms with Gasteiger partial charge in [0.05, 0.1) is 22.7 Å². The first-order valence-corrected chi connectivity index (χ1v) is 36.4. The molecular formula is C98H64B2N4O2. The molecular weight excluding hydrogens is 1290 g/mol. The molecule has 106 heavy (non-hydrogen) atoms. The maximum atomic E-state index is 7.86. The highest BCUT2D eigenvalue weighted by atomic mass is 16.5. The average Bonchev–Trinajstić information content (AvgIpc) is 0.692. The summed E-state index contributed by atoms with van der Waals surface area (Å²) < 4.78 is 15.7. The molecule has 17 aromatic rings. The van der Waals surface area contributed by atoms with Gasteiger partial charge in [-0.2, -0.15) is 0 Å². The summed E-state index contributed by atoms with van der Waals surface area (Å²) >= 11 is 0. The number of hydrogen-bond acceptors (Lipinski definition) is 6. The lowest BCUT2D eigenvalue weighted by atomic mass is 9.31. The molecule has 17 aromatic carbocycles. The van der Waals surface area contributed by atoms with Gasteiger partial charge in [0.15, 0.2) is 0 Å². The zero-order valence-corrected chi connectivity index (χ0v) is 57.7. The van der Waals surface area contributed by atoms with Gasteiger partial charge in [0, 0.05) is 86.0 Å². The second kappa shape index (κ2) is 25.0. The van der Waals surface area contributed by atoms with Crippen LogP contribution in [0.4, 0.5) is 68.2 Å². The molecule has 4 aliphatic rings.